The molecular formula is C12H18ClF2NO. The van der Waals surface area contributed by atoms with Crippen molar-refractivity contribution < 1.29 is 13.9 Å². The number of hydrogen-bond donors (Lipinski definition) is 2. The lowest BCUT2D eigenvalue weighted by Gasteiger charge is -2.25. The van der Waals surface area contributed by atoms with Crippen molar-refractivity contribution in [3.63, 3.8) is 0 Å². The standard InChI is InChI=1S/C12H17F2NO.ClH/c1-7-4-8(2)10(9(3)5-7)11(15)12(13,14)6-16;/h4-5,11,16H,6,15H2,1-3H3;1H/t11-;/m1./s1. The number of halogens is 3. The summed E-state index contributed by atoms with van der Waals surface area (Å²) in [5.41, 5.74) is 8.43. The minimum absolute atomic E-state index is 0. The van der Waals surface area contributed by atoms with E-state index in [2.05, 4.69) is 0 Å². The van der Waals surface area contributed by atoms with Crippen LogP contribution in [0, 0.1) is 20.8 Å². The Morgan fingerprint density at radius 2 is 1.65 bits per heavy atom. The maximum atomic E-state index is 13.3. The molecule has 0 aliphatic heterocycles. The molecule has 0 bridgehead atoms. The monoisotopic (exact) mass is 265 g/mol. The Kier molecular flexibility index (Phi) is 5.52. The van der Waals surface area contributed by atoms with Gasteiger partial charge < -0.3 is 10.8 Å². The summed E-state index contributed by atoms with van der Waals surface area (Å²) in [5, 5.41) is 8.63. The van der Waals surface area contributed by atoms with E-state index in [0.29, 0.717) is 5.56 Å². The first-order valence-electron chi connectivity index (χ1n) is 5.11. The first-order valence-corrected chi connectivity index (χ1v) is 5.11. The van der Waals surface area contributed by atoms with Crippen molar-refractivity contribution in [2.75, 3.05) is 6.61 Å². The number of aliphatic hydroxyl groups is 1. The van der Waals surface area contributed by atoms with Crippen molar-refractivity contribution in [2.45, 2.75) is 32.7 Å². The fourth-order valence-corrected chi connectivity index (χ4v) is 1.99. The normalized spacial score (nSPS) is 13.1. The quantitative estimate of drug-likeness (QED) is 0.883. The molecule has 17 heavy (non-hydrogen) atoms. The summed E-state index contributed by atoms with van der Waals surface area (Å²) in [5.74, 6) is -3.29. The molecule has 0 heterocycles. The first kappa shape index (κ1) is 16.3. The molecule has 0 fully saturated rings. The number of aliphatic hydroxyl groups excluding tert-OH is 1. The molecule has 98 valence electrons. The van der Waals surface area contributed by atoms with E-state index in [0.717, 1.165) is 16.7 Å². The smallest absolute Gasteiger partial charge is 0.289 e. The Morgan fingerprint density at radius 1 is 1.24 bits per heavy atom. The Labute approximate surface area is 106 Å². The number of aryl methyl sites for hydroxylation is 3. The average molecular weight is 266 g/mol. The summed E-state index contributed by atoms with van der Waals surface area (Å²) >= 11 is 0. The highest BCUT2D eigenvalue weighted by Crippen LogP contribution is 2.33. The second-order valence-electron chi connectivity index (χ2n) is 4.21. The molecular weight excluding hydrogens is 248 g/mol. The summed E-state index contributed by atoms with van der Waals surface area (Å²) in [6.45, 7) is 4.17. The minimum atomic E-state index is -3.29. The molecule has 1 rings (SSSR count). The molecule has 0 aliphatic carbocycles. The number of nitrogens with two attached hydrogens (primary N) is 1. The van der Waals surface area contributed by atoms with Crippen molar-refractivity contribution in [1.29, 1.82) is 0 Å². The largest absolute Gasteiger partial charge is 0.390 e. The Hall–Kier alpha value is -0.710. The molecule has 0 saturated carbocycles. The van der Waals surface area contributed by atoms with Crippen molar-refractivity contribution in [3.05, 3.63) is 34.4 Å². The van der Waals surface area contributed by atoms with Crippen LogP contribution in [-0.4, -0.2) is 17.6 Å². The molecule has 0 unspecified atom stereocenters. The summed E-state index contributed by atoms with van der Waals surface area (Å²) in [4.78, 5) is 0. The molecule has 1 aromatic rings. The van der Waals surface area contributed by atoms with E-state index in [1.165, 1.54) is 0 Å². The van der Waals surface area contributed by atoms with Gasteiger partial charge in [-0.2, -0.15) is 0 Å². The van der Waals surface area contributed by atoms with Gasteiger partial charge in [-0.25, -0.2) is 8.78 Å². The highest BCUT2D eigenvalue weighted by Gasteiger charge is 2.38. The Balaban J connectivity index is 0.00000256. The molecule has 2 nitrogen and oxygen atoms in total. The SMILES string of the molecule is Cc1cc(C)c([C@@H](N)C(F)(F)CO)c(C)c1.Cl. The van der Waals surface area contributed by atoms with Crippen LogP contribution in [0.4, 0.5) is 8.78 Å². The number of benzene rings is 1. The summed E-state index contributed by atoms with van der Waals surface area (Å²) in [6.07, 6.45) is 0. The van der Waals surface area contributed by atoms with E-state index in [1.54, 1.807) is 13.8 Å². The van der Waals surface area contributed by atoms with Crippen molar-refractivity contribution in [3.8, 4) is 0 Å². The van der Waals surface area contributed by atoms with E-state index in [-0.39, 0.29) is 12.4 Å². The molecule has 3 N–H and O–H groups in total. The summed E-state index contributed by atoms with van der Waals surface area (Å²) in [6, 6.07) is 2.17. The van der Waals surface area contributed by atoms with Crippen LogP contribution in [0.25, 0.3) is 0 Å². The lowest BCUT2D eigenvalue weighted by atomic mass is 9.91. The maximum Gasteiger partial charge on any atom is 0.289 e. The Morgan fingerprint density at radius 3 is 2.00 bits per heavy atom. The molecule has 0 radical (unpaired) electrons. The fourth-order valence-electron chi connectivity index (χ4n) is 1.99. The van der Waals surface area contributed by atoms with E-state index < -0.39 is 18.6 Å². The average Bonchev–Trinajstić information content (AvgIpc) is 2.15. The van der Waals surface area contributed by atoms with Crippen molar-refractivity contribution in [2.24, 2.45) is 5.73 Å². The van der Waals surface area contributed by atoms with Gasteiger partial charge in [0.2, 0.25) is 0 Å². The number of alkyl halides is 2. The summed E-state index contributed by atoms with van der Waals surface area (Å²) in [7, 11) is 0. The van der Waals surface area contributed by atoms with E-state index in [9.17, 15) is 8.78 Å². The van der Waals surface area contributed by atoms with Gasteiger partial charge in [0.1, 0.15) is 6.61 Å². The van der Waals surface area contributed by atoms with E-state index in [1.807, 2.05) is 19.1 Å². The third-order valence-electron chi connectivity index (χ3n) is 2.71. The van der Waals surface area contributed by atoms with Gasteiger partial charge in [0.15, 0.2) is 0 Å². The van der Waals surface area contributed by atoms with Crippen molar-refractivity contribution in [1.82, 2.24) is 0 Å². The van der Waals surface area contributed by atoms with Crippen LogP contribution >= 0.6 is 12.4 Å². The molecule has 0 saturated heterocycles. The van der Waals surface area contributed by atoms with Crippen LogP contribution in [0.2, 0.25) is 0 Å². The molecule has 0 amide bonds. The highest BCUT2D eigenvalue weighted by molar-refractivity contribution is 5.85. The second kappa shape index (κ2) is 5.76. The van der Waals surface area contributed by atoms with Gasteiger partial charge in [-0.15, -0.1) is 12.4 Å². The van der Waals surface area contributed by atoms with Gasteiger partial charge in [0, 0.05) is 0 Å². The van der Waals surface area contributed by atoms with Gasteiger partial charge in [0.25, 0.3) is 5.92 Å². The molecule has 5 heteroatoms. The topological polar surface area (TPSA) is 46.2 Å². The third-order valence-corrected chi connectivity index (χ3v) is 2.71. The summed E-state index contributed by atoms with van der Waals surface area (Å²) < 4.78 is 26.6. The molecule has 0 aromatic heterocycles. The van der Waals surface area contributed by atoms with Crippen LogP contribution < -0.4 is 5.73 Å². The van der Waals surface area contributed by atoms with Gasteiger partial charge in [0.05, 0.1) is 6.04 Å². The second-order valence-corrected chi connectivity index (χ2v) is 4.21. The molecule has 1 aromatic carbocycles. The molecule has 1 atom stereocenters. The van der Waals surface area contributed by atoms with E-state index >= 15 is 0 Å². The van der Waals surface area contributed by atoms with Crippen molar-refractivity contribution >= 4 is 12.4 Å². The highest BCUT2D eigenvalue weighted by atomic mass is 35.5. The van der Waals surface area contributed by atoms with Crippen LogP contribution in [0.1, 0.15) is 28.3 Å². The fraction of sp³-hybridized carbons (Fsp3) is 0.500. The zero-order valence-electron chi connectivity index (χ0n) is 10.1. The number of hydrogen-bond acceptors (Lipinski definition) is 2. The van der Waals surface area contributed by atoms with Gasteiger partial charge in [-0.05, 0) is 37.5 Å². The van der Waals surface area contributed by atoms with Crippen LogP contribution in [0.15, 0.2) is 12.1 Å². The lowest BCUT2D eigenvalue weighted by Crippen LogP contribution is -2.37. The lowest BCUT2D eigenvalue weighted by molar-refractivity contribution is -0.0714. The zero-order chi connectivity index (χ0) is 12.5. The van der Waals surface area contributed by atoms with Gasteiger partial charge in [-0.1, -0.05) is 17.7 Å². The van der Waals surface area contributed by atoms with Gasteiger partial charge >= 0.3 is 0 Å². The maximum absolute atomic E-state index is 13.3. The minimum Gasteiger partial charge on any atom is -0.390 e. The molecule has 0 aliphatic rings. The predicted octanol–water partition coefficient (Wildman–Crippen LogP) is 2.66. The third kappa shape index (κ3) is 3.37. The molecule has 0 spiro atoms. The van der Waals surface area contributed by atoms with Crippen LogP contribution in [0.3, 0.4) is 0 Å². The van der Waals surface area contributed by atoms with Crippen LogP contribution in [0.5, 0.6) is 0 Å². The first-order chi connectivity index (χ1) is 7.29. The zero-order valence-corrected chi connectivity index (χ0v) is 10.9. The predicted molar refractivity (Wildman–Crippen MR) is 66.9 cm³/mol. The number of rotatable bonds is 3. The van der Waals surface area contributed by atoms with Crippen LogP contribution in [-0.2, 0) is 0 Å². The Bertz CT molecular complexity index is 373. The van der Waals surface area contributed by atoms with Gasteiger partial charge in [-0.3, -0.25) is 0 Å². The van der Waals surface area contributed by atoms with E-state index in [4.69, 9.17) is 10.8 Å².